The summed E-state index contributed by atoms with van der Waals surface area (Å²) in [5, 5.41) is 4.02. The van der Waals surface area contributed by atoms with Crippen molar-refractivity contribution in [1.82, 2.24) is 10.9 Å². The molecule has 2 aromatic rings. The lowest BCUT2D eigenvalue weighted by atomic mass is 10.00. The number of nitrogens with zero attached hydrogens (tertiary/aromatic N) is 1. The summed E-state index contributed by atoms with van der Waals surface area (Å²) in [6.07, 6.45) is 0.742. The Kier molecular flexibility index (Phi) is 5.20. The summed E-state index contributed by atoms with van der Waals surface area (Å²) in [6, 6.07) is 13.3. The smallest absolute Gasteiger partial charge is 0.249 e. The maximum atomic E-state index is 12.9. The van der Waals surface area contributed by atoms with Crippen LogP contribution in [0.25, 0.3) is 0 Å². The number of methoxy groups -OCH3 is 1. The van der Waals surface area contributed by atoms with Crippen LogP contribution in [0.15, 0.2) is 42.5 Å². The van der Waals surface area contributed by atoms with Gasteiger partial charge in [-0.2, -0.15) is 0 Å². The molecule has 1 atom stereocenters. The van der Waals surface area contributed by atoms with Crippen molar-refractivity contribution in [2.24, 2.45) is 0 Å². The Hall–Kier alpha value is -2.28. The third-order valence-electron chi connectivity index (χ3n) is 5.17. The van der Waals surface area contributed by atoms with Crippen molar-refractivity contribution in [1.29, 1.82) is 0 Å². The van der Waals surface area contributed by atoms with E-state index in [-0.39, 0.29) is 11.9 Å². The molecule has 0 aromatic heterocycles. The summed E-state index contributed by atoms with van der Waals surface area (Å²) >= 11 is 6.51. The van der Waals surface area contributed by atoms with E-state index in [0.29, 0.717) is 17.5 Å². The van der Waals surface area contributed by atoms with Gasteiger partial charge in [-0.3, -0.25) is 15.6 Å². The fraction of sp³-hybridized carbons (Fsp3) is 0.350. The monoisotopic (exact) mass is 386 g/mol. The Labute approximate surface area is 163 Å². The molecule has 1 amide bonds. The lowest BCUT2D eigenvalue weighted by Crippen LogP contribution is -2.33. The third kappa shape index (κ3) is 3.74. The fourth-order valence-electron chi connectivity index (χ4n) is 3.68. The highest BCUT2D eigenvalue weighted by Crippen LogP contribution is 2.32. The molecule has 2 aliphatic rings. The van der Waals surface area contributed by atoms with E-state index in [1.165, 1.54) is 0 Å². The van der Waals surface area contributed by atoms with Gasteiger partial charge < -0.3 is 15.0 Å². The van der Waals surface area contributed by atoms with Crippen LogP contribution >= 0.6 is 11.6 Å². The predicted molar refractivity (Wildman–Crippen MR) is 108 cm³/mol. The number of halogens is 1. The zero-order valence-corrected chi connectivity index (χ0v) is 15.9. The van der Waals surface area contributed by atoms with Crippen LogP contribution in [0.2, 0.25) is 5.02 Å². The van der Waals surface area contributed by atoms with Crippen LogP contribution < -0.4 is 25.8 Å². The maximum Gasteiger partial charge on any atom is 0.249 e. The molecule has 142 valence electrons. The summed E-state index contributed by atoms with van der Waals surface area (Å²) in [5.41, 5.74) is 9.08. The summed E-state index contributed by atoms with van der Waals surface area (Å²) in [5.74, 6) is 1.18. The molecular weight excluding hydrogens is 364 g/mol. The number of nitrogens with one attached hydrogen (secondary N) is 3. The number of hydrogen-bond acceptors (Lipinski definition) is 5. The zero-order valence-electron chi connectivity index (χ0n) is 15.2. The van der Waals surface area contributed by atoms with E-state index in [1.807, 2.05) is 42.5 Å². The molecule has 6 nitrogen and oxygen atoms in total. The van der Waals surface area contributed by atoms with E-state index < -0.39 is 0 Å². The van der Waals surface area contributed by atoms with Crippen LogP contribution in [-0.4, -0.2) is 38.7 Å². The van der Waals surface area contributed by atoms with Gasteiger partial charge in [-0.1, -0.05) is 23.7 Å². The van der Waals surface area contributed by atoms with Gasteiger partial charge in [-0.05, 0) is 36.2 Å². The van der Waals surface area contributed by atoms with Crippen LogP contribution in [0.4, 0.5) is 11.4 Å². The number of rotatable bonds is 5. The fourth-order valence-corrected chi connectivity index (χ4v) is 4.01. The first-order valence-corrected chi connectivity index (χ1v) is 9.50. The van der Waals surface area contributed by atoms with Gasteiger partial charge in [0.25, 0.3) is 0 Å². The third-order valence-corrected chi connectivity index (χ3v) is 5.50. The highest BCUT2D eigenvalue weighted by Gasteiger charge is 2.33. The van der Waals surface area contributed by atoms with Gasteiger partial charge in [0.1, 0.15) is 11.8 Å². The van der Waals surface area contributed by atoms with Gasteiger partial charge in [0.05, 0.1) is 7.11 Å². The molecule has 0 aliphatic carbocycles. The molecule has 1 unspecified atom stereocenters. The molecule has 27 heavy (non-hydrogen) atoms. The topological polar surface area (TPSA) is 65.6 Å². The standard InChI is InChI=1S/C20H23ClN4O2/c1-27-16-4-2-3-14(9-16)24-19-7-8-25(20(19)26)15-5-6-17(18(21)10-15)13-11-22-23-12-13/h2-6,9-10,13,19,22-24H,7-8,11-12H2,1H3. The minimum Gasteiger partial charge on any atom is -0.497 e. The molecule has 2 heterocycles. The number of amides is 1. The van der Waals surface area contributed by atoms with E-state index in [1.54, 1.807) is 12.0 Å². The molecule has 0 saturated carbocycles. The number of benzene rings is 2. The van der Waals surface area contributed by atoms with Crippen molar-refractivity contribution < 1.29 is 9.53 Å². The van der Waals surface area contributed by atoms with E-state index >= 15 is 0 Å². The quantitative estimate of drug-likeness (QED) is 0.737. The molecule has 7 heteroatoms. The SMILES string of the molecule is COc1cccc(NC2CCN(c3ccc(C4CNNC4)c(Cl)c3)C2=O)c1. The highest BCUT2D eigenvalue weighted by atomic mass is 35.5. The molecule has 4 rings (SSSR count). The normalized spacial score (nSPS) is 20.3. The van der Waals surface area contributed by atoms with Crippen molar-refractivity contribution in [3.05, 3.63) is 53.1 Å². The van der Waals surface area contributed by atoms with Crippen molar-refractivity contribution in [2.75, 3.05) is 37.0 Å². The van der Waals surface area contributed by atoms with Crippen LogP contribution in [0.1, 0.15) is 17.9 Å². The summed E-state index contributed by atoms with van der Waals surface area (Å²) in [7, 11) is 1.63. The Morgan fingerprint density at radius 1 is 1.19 bits per heavy atom. The van der Waals surface area contributed by atoms with Gasteiger partial charge in [0.2, 0.25) is 5.91 Å². The number of hydrogen-bond donors (Lipinski definition) is 3. The lowest BCUT2D eigenvalue weighted by Gasteiger charge is -2.20. The zero-order chi connectivity index (χ0) is 18.8. The number of ether oxygens (including phenoxy) is 1. The first kappa shape index (κ1) is 18.1. The van der Waals surface area contributed by atoms with Gasteiger partial charge in [-0.25, -0.2) is 0 Å². The summed E-state index contributed by atoms with van der Waals surface area (Å²) < 4.78 is 5.24. The van der Waals surface area contributed by atoms with Gasteiger partial charge in [-0.15, -0.1) is 0 Å². The van der Waals surface area contributed by atoms with E-state index in [9.17, 15) is 4.79 Å². The van der Waals surface area contributed by atoms with Crippen LogP contribution in [-0.2, 0) is 4.79 Å². The van der Waals surface area contributed by atoms with E-state index in [4.69, 9.17) is 16.3 Å². The van der Waals surface area contributed by atoms with Crippen molar-refractivity contribution >= 4 is 28.9 Å². The summed E-state index contributed by atoms with van der Waals surface area (Å²) in [4.78, 5) is 14.7. The molecular formula is C20H23ClN4O2. The van der Waals surface area contributed by atoms with E-state index in [0.717, 1.165) is 42.2 Å². The minimum absolute atomic E-state index is 0.0610. The summed E-state index contributed by atoms with van der Waals surface area (Å²) in [6.45, 7) is 2.38. The molecule has 2 fully saturated rings. The van der Waals surface area contributed by atoms with Crippen LogP contribution in [0.5, 0.6) is 5.75 Å². The second-order valence-electron chi connectivity index (χ2n) is 6.87. The first-order valence-electron chi connectivity index (χ1n) is 9.13. The second-order valence-corrected chi connectivity index (χ2v) is 7.28. The first-order chi connectivity index (χ1) is 13.2. The van der Waals surface area contributed by atoms with E-state index in [2.05, 4.69) is 16.2 Å². The number of anilines is 2. The Bertz CT molecular complexity index is 838. The molecule has 0 radical (unpaired) electrons. The minimum atomic E-state index is -0.251. The van der Waals surface area contributed by atoms with Crippen LogP contribution in [0.3, 0.4) is 0 Å². The van der Waals surface area contributed by atoms with Crippen molar-refractivity contribution in [2.45, 2.75) is 18.4 Å². The van der Waals surface area contributed by atoms with Gasteiger partial charge in [0.15, 0.2) is 0 Å². The molecule has 2 saturated heterocycles. The number of carbonyl (C=O) groups is 1. The lowest BCUT2D eigenvalue weighted by molar-refractivity contribution is -0.117. The van der Waals surface area contributed by atoms with Gasteiger partial charge in [0, 0.05) is 48.0 Å². The Morgan fingerprint density at radius 2 is 2.00 bits per heavy atom. The van der Waals surface area contributed by atoms with Crippen molar-refractivity contribution in [3.63, 3.8) is 0 Å². The van der Waals surface area contributed by atoms with Gasteiger partial charge >= 0.3 is 0 Å². The maximum absolute atomic E-state index is 12.9. The molecule has 3 N–H and O–H groups in total. The largest absolute Gasteiger partial charge is 0.497 e. The van der Waals surface area contributed by atoms with Crippen LogP contribution in [0, 0.1) is 0 Å². The highest BCUT2D eigenvalue weighted by molar-refractivity contribution is 6.31. The number of hydrazine groups is 1. The molecule has 0 bridgehead atoms. The average molecular weight is 387 g/mol. The molecule has 0 spiro atoms. The average Bonchev–Trinajstić information content (AvgIpc) is 3.33. The predicted octanol–water partition coefficient (Wildman–Crippen LogP) is 2.76. The molecule has 2 aliphatic heterocycles. The van der Waals surface area contributed by atoms with Crippen molar-refractivity contribution in [3.8, 4) is 5.75 Å². The molecule has 2 aromatic carbocycles. The Balaban J connectivity index is 1.47. The number of carbonyl (C=O) groups excluding carboxylic acids is 1. The second kappa shape index (κ2) is 7.76. The Morgan fingerprint density at radius 3 is 2.74 bits per heavy atom.